The maximum Gasteiger partial charge on any atom is 0.0948 e. The monoisotopic (exact) mass is 137 g/mol. The van der Waals surface area contributed by atoms with Crippen molar-refractivity contribution in [2.45, 2.75) is 13.3 Å². The van der Waals surface area contributed by atoms with Crippen molar-refractivity contribution in [2.75, 3.05) is 0 Å². The van der Waals surface area contributed by atoms with E-state index in [1.807, 2.05) is 18.5 Å². The Morgan fingerprint density at radius 1 is 1.80 bits per heavy atom. The summed E-state index contributed by atoms with van der Waals surface area (Å²) >= 11 is 0. The van der Waals surface area contributed by atoms with Crippen LogP contribution in [0.5, 0.6) is 0 Å². The summed E-state index contributed by atoms with van der Waals surface area (Å²) in [7, 11) is 1.90. The summed E-state index contributed by atoms with van der Waals surface area (Å²) in [5, 5.41) is 7.48. The zero-order chi connectivity index (χ0) is 7.56. The molecule has 1 aromatic heterocycles. The van der Waals surface area contributed by atoms with Crippen molar-refractivity contribution in [3.63, 3.8) is 0 Å². The lowest BCUT2D eigenvalue weighted by atomic mass is 10.2. The maximum atomic E-state index is 7.48. The van der Waals surface area contributed by atoms with E-state index < -0.39 is 0 Å². The molecular weight excluding hydrogens is 126 g/mol. The molecule has 0 radical (unpaired) electrons. The van der Waals surface area contributed by atoms with E-state index in [-0.39, 0.29) is 0 Å². The number of nitrogens with one attached hydrogen (secondary N) is 1. The van der Waals surface area contributed by atoms with Crippen LogP contribution in [-0.2, 0) is 7.05 Å². The Bertz CT molecular complexity index is 237. The number of imidazole rings is 1. The molecule has 0 saturated heterocycles. The highest BCUT2D eigenvalue weighted by atomic mass is 15.0. The van der Waals surface area contributed by atoms with Crippen molar-refractivity contribution in [3.8, 4) is 0 Å². The fourth-order valence-electron chi connectivity index (χ4n) is 0.829. The Kier molecular flexibility index (Phi) is 1.85. The molecule has 0 unspecified atom stereocenters. The molecule has 1 N–H and O–H groups in total. The number of hydrogen-bond donors (Lipinski definition) is 1. The van der Waals surface area contributed by atoms with Crippen LogP contribution in [-0.4, -0.2) is 15.3 Å². The molecule has 54 valence electrons. The second kappa shape index (κ2) is 2.64. The highest BCUT2D eigenvalue weighted by Gasteiger charge is 2.01. The fraction of sp³-hybridized carbons (Fsp3) is 0.429. The molecule has 0 aliphatic rings. The molecule has 3 heteroatoms. The second-order valence-corrected chi connectivity index (χ2v) is 2.22. The van der Waals surface area contributed by atoms with Gasteiger partial charge < -0.3 is 9.98 Å². The van der Waals surface area contributed by atoms with E-state index in [9.17, 15) is 0 Å². The number of nitrogens with zero attached hydrogens (tertiary/aromatic N) is 2. The lowest BCUT2D eigenvalue weighted by molar-refractivity contribution is 0.895. The Morgan fingerprint density at radius 2 is 2.50 bits per heavy atom. The molecule has 0 atom stereocenters. The first-order chi connectivity index (χ1) is 4.75. The smallest absolute Gasteiger partial charge is 0.0948 e. The van der Waals surface area contributed by atoms with E-state index in [0.717, 1.165) is 12.1 Å². The molecule has 0 aliphatic heterocycles. The van der Waals surface area contributed by atoms with Crippen molar-refractivity contribution >= 4 is 5.71 Å². The van der Waals surface area contributed by atoms with Gasteiger partial charge in [0, 0.05) is 7.05 Å². The first-order valence-electron chi connectivity index (χ1n) is 3.29. The Labute approximate surface area is 60.2 Å². The minimum absolute atomic E-state index is 0.639. The molecule has 1 heterocycles. The molecule has 0 saturated carbocycles. The minimum atomic E-state index is 0.639. The maximum absolute atomic E-state index is 7.48. The van der Waals surface area contributed by atoms with E-state index in [0.29, 0.717) is 5.71 Å². The number of aromatic nitrogens is 2. The highest BCUT2D eigenvalue weighted by molar-refractivity contribution is 5.96. The van der Waals surface area contributed by atoms with E-state index >= 15 is 0 Å². The van der Waals surface area contributed by atoms with E-state index in [2.05, 4.69) is 4.98 Å². The average Bonchev–Trinajstić information content (AvgIpc) is 2.34. The lowest BCUT2D eigenvalue weighted by Gasteiger charge is -1.99. The van der Waals surface area contributed by atoms with Crippen LogP contribution in [0.4, 0.5) is 0 Å². The summed E-state index contributed by atoms with van der Waals surface area (Å²) in [5.41, 5.74) is 1.54. The van der Waals surface area contributed by atoms with Gasteiger partial charge >= 0.3 is 0 Å². The molecule has 10 heavy (non-hydrogen) atoms. The quantitative estimate of drug-likeness (QED) is 0.611. The Balaban J connectivity index is 2.93. The van der Waals surface area contributed by atoms with Gasteiger partial charge in [0.05, 0.1) is 23.9 Å². The van der Waals surface area contributed by atoms with Gasteiger partial charge in [0.1, 0.15) is 0 Å². The topological polar surface area (TPSA) is 41.7 Å². The largest absolute Gasteiger partial charge is 0.333 e. The van der Waals surface area contributed by atoms with Crippen LogP contribution in [0.2, 0.25) is 0 Å². The third-order valence-corrected chi connectivity index (χ3v) is 1.48. The molecule has 1 aromatic rings. The molecule has 0 fully saturated rings. The number of hydrogen-bond acceptors (Lipinski definition) is 2. The summed E-state index contributed by atoms with van der Waals surface area (Å²) in [4.78, 5) is 3.91. The molecule has 0 bridgehead atoms. The molecule has 0 amide bonds. The first-order valence-corrected chi connectivity index (χ1v) is 3.29. The molecular formula is C7H11N3. The van der Waals surface area contributed by atoms with Crippen molar-refractivity contribution in [2.24, 2.45) is 7.05 Å². The zero-order valence-electron chi connectivity index (χ0n) is 6.26. The Morgan fingerprint density at radius 3 is 2.90 bits per heavy atom. The SMILES string of the molecule is CCC(=N)c1cncn1C. The molecule has 3 nitrogen and oxygen atoms in total. The highest BCUT2D eigenvalue weighted by Crippen LogP contribution is 1.99. The van der Waals surface area contributed by atoms with Gasteiger partial charge in [-0.1, -0.05) is 6.92 Å². The second-order valence-electron chi connectivity index (χ2n) is 2.22. The van der Waals surface area contributed by atoms with Crippen LogP contribution < -0.4 is 0 Å². The van der Waals surface area contributed by atoms with Crippen molar-refractivity contribution in [3.05, 3.63) is 18.2 Å². The summed E-state index contributed by atoms with van der Waals surface area (Å²) < 4.78 is 1.85. The van der Waals surface area contributed by atoms with Gasteiger partial charge in [-0.25, -0.2) is 4.98 Å². The summed E-state index contributed by atoms with van der Waals surface area (Å²) in [6.07, 6.45) is 4.19. The lowest BCUT2D eigenvalue weighted by Crippen LogP contribution is -2.02. The van der Waals surface area contributed by atoms with Gasteiger partial charge in [0.15, 0.2) is 0 Å². The van der Waals surface area contributed by atoms with Crippen molar-refractivity contribution in [1.82, 2.24) is 9.55 Å². The third kappa shape index (κ3) is 1.07. The van der Waals surface area contributed by atoms with E-state index in [4.69, 9.17) is 5.41 Å². The van der Waals surface area contributed by atoms with E-state index in [1.165, 1.54) is 0 Å². The summed E-state index contributed by atoms with van der Waals surface area (Å²) in [6.45, 7) is 1.97. The van der Waals surface area contributed by atoms with Gasteiger partial charge in [-0.15, -0.1) is 0 Å². The predicted molar refractivity (Wildman–Crippen MR) is 40.3 cm³/mol. The first kappa shape index (κ1) is 6.99. The van der Waals surface area contributed by atoms with Crippen LogP contribution in [0.1, 0.15) is 19.0 Å². The van der Waals surface area contributed by atoms with Crippen molar-refractivity contribution < 1.29 is 0 Å². The molecule has 1 rings (SSSR count). The normalized spacial score (nSPS) is 9.80. The third-order valence-electron chi connectivity index (χ3n) is 1.48. The number of aryl methyl sites for hydroxylation is 1. The van der Waals surface area contributed by atoms with Crippen LogP contribution in [0.25, 0.3) is 0 Å². The van der Waals surface area contributed by atoms with Crippen LogP contribution >= 0.6 is 0 Å². The molecule has 0 spiro atoms. The van der Waals surface area contributed by atoms with Gasteiger partial charge in [-0.05, 0) is 6.42 Å². The fourth-order valence-corrected chi connectivity index (χ4v) is 0.829. The minimum Gasteiger partial charge on any atom is -0.333 e. The van der Waals surface area contributed by atoms with Gasteiger partial charge in [0.25, 0.3) is 0 Å². The molecule has 0 aliphatic carbocycles. The van der Waals surface area contributed by atoms with Gasteiger partial charge in [-0.2, -0.15) is 0 Å². The summed E-state index contributed by atoms with van der Waals surface area (Å²) in [6, 6.07) is 0. The van der Waals surface area contributed by atoms with Crippen molar-refractivity contribution in [1.29, 1.82) is 5.41 Å². The summed E-state index contributed by atoms with van der Waals surface area (Å²) in [5.74, 6) is 0. The van der Waals surface area contributed by atoms with Crippen LogP contribution in [0, 0.1) is 5.41 Å². The zero-order valence-corrected chi connectivity index (χ0v) is 6.26. The standard InChI is InChI=1S/C7H11N3/c1-3-6(8)7-4-9-5-10(7)2/h4-5,8H,3H2,1-2H3. The van der Waals surface area contributed by atoms with Crippen LogP contribution in [0.15, 0.2) is 12.5 Å². The van der Waals surface area contributed by atoms with E-state index in [1.54, 1.807) is 12.5 Å². The Hall–Kier alpha value is -1.12. The average molecular weight is 137 g/mol. The molecule has 0 aromatic carbocycles. The van der Waals surface area contributed by atoms with Crippen LogP contribution in [0.3, 0.4) is 0 Å². The van der Waals surface area contributed by atoms with Gasteiger partial charge in [0.2, 0.25) is 0 Å². The van der Waals surface area contributed by atoms with Gasteiger partial charge in [-0.3, -0.25) is 0 Å². The number of rotatable bonds is 2. The predicted octanol–water partition coefficient (Wildman–Crippen LogP) is 1.20.